The number of hydrogen-bond acceptors (Lipinski definition) is 2. The number of aryl methyl sites for hydroxylation is 1. The highest BCUT2D eigenvalue weighted by atomic mass is 16.1. The number of nitrogens with one attached hydrogen (secondary N) is 1. The molecule has 17 heavy (non-hydrogen) atoms. The fourth-order valence-corrected chi connectivity index (χ4v) is 2.99. The molecule has 1 amide bonds. The summed E-state index contributed by atoms with van der Waals surface area (Å²) in [5.74, 6) is 0.119. The van der Waals surface area contributed by atoms with Crippen LogP contribution in [0.1, 0.15) is 43.2 Å². The lowest BCUT2D eigenvalue weighted by Crippen LogP contribution is -2.33. The van der Waals surface area contributed by atoms with Crippen molar-refractivity contribution in [2.75, 3.05) is 5.32 Å². The van der Waals surface area contributed by atoms with Gasteiger partial charge >= 0.3 is 0 Å². The molecule has 90 valence electrons. The van der Waals surface area contributed by atoms with E-state index in [9.17, 15) is 4.79 Å². The number of anilines is 1. The summed E-state index contributed by atoms with van der Waals surface area (Å²) < 4.78 is 0. The Bertz CT molecular complexity index is 461. The van der Waals surface area contributed by atoms with Crippen LogP contribution >= 0.6 is 0 Å². The lowest BCUT2D eigenvalue weighted by atomic mass is 9.87. The van der Waals surface area contributed by atoms with Crippen LogP contribution in [-0.4, -0.2) is 5.91 Å². The van der Waals surface area contributed by atoms with Crippen molar-refractivity contribution < 1.29 is 4.79 Å². The predicted molar refractivity (Wildman–Crippen MR) is 67.7 cm³/mol. The first-order chi connectivity index (χ1) is 8.17. The van der Waals surface area contributed by atoms with Gasteiger partial charge < -0.3 is 11.1 Å². The fourth-order valence-electron chi connectivity index (χ4n) is 2.99. The van der Waals surface area contributed by atoms with E-state index in [1.54, 1.807) is 0 Å². The number of carbonyl (C=O) groups excluding carboxylic acids is 1. The van der Waals surface area contributed by atoms with Crippen molar-refractivity contribution in [2.24, 2.45) is 5.73 Å². The second-order valence-electron chi connectivity index (χ2n) is 5.28. The van der Waals surface area contributed by atoms with Crippen LogP contribution in [-0.2, 0) is 16.8 Å². The summed E-state index contributed by atoms with van der Waals surface area (Å²) >= 11 is 0. The zero-order valence-electron chi connectivity index (χ0n) is 9.96. The minimum atomic E-state index is -0.128. The maximum atomic E-state index is 11.3. The first-order valence-electron chi connectivity index (χ1n) is 6.40. The minimum Gasteiger partial charge on any atom is -0.326 e. The lowest BCUT2D eigenvalue weighted by molar-refractivity contribution is -0.116. The Morgan fingerprint density at radius 1 is 1.18 bits per heavy atom. The van der Waals surface area contributed by atoms with Crippen LogP contribution in [0.3, 0.4) is 0 Å². The molecule has 1 aliphatic heterocycles. The van der Waals surface area contributed by atoms with Crippen molar-refractivity contribution >= 4 is 11.6 Å². The van der Waals surface area contributed by atoms with Crippen molar-refractivity contribution in [3.8, 4) is 0 Å². The molecule has 1 saturated carbocycles. The molecule has 3 N–H and O–H groups in total. The molecule has 0 radical (unpaired) electrons. The standard InChI is InChI=1S/C14H18N2O/c15-14(7-1-2-8-14)11-4-5-12-10(9-11)3-6-13(17)16-12/h4-5,9H,1-3,6-8,15H2,(H,16,17). The third kappa shape index (κ3) is 1.84. The summed E-state index contributed by atoms with van der Waals surface area (Å²) in [5.41, 5.74) is 9.77. The number of rotatable bonds is 1. The van der Waals surface area contributed by atoms with Crippen molar-refractivity contribution in [3.05, 3.63) is 29.3 Å². The summed E-state index contributed by atoms with van der Waals surface area (Å²) in [4.78, 5) is 11.3. The summed E-state index contributed by atoms with van der Waals surface area (Å²) in [7, 11) is 0. The molecule has 3 heteroatoms. The highest BCUT2D eigenvalue weighted by Gasteiger charge is 2.31. The molecule has 0 atom stereocenters. The van der Waals surface area contributed by atoms with E-state index >= 15 is 0 Å². The molecule has 2 aliphatic rings. The van der Waals surface area contributed by atoms with Gasteiger partial charge in [0, 0.05) is 17.6 Å². The van der Waals surface area contributed by atoms with E-state index < -0.39 is 0 Å². The van der Waals surface area contributed by atoms with Crippen molar-refractivity contribution in [3.63, 3.8) is 0 Å². The zero-order chi connectivity index (χ0) is 11.9. The van der Waals surface area contributed by atoms with Crippen LogP contribution in [0.2, 0.25) is 0 Å². The molecular formula is C14H18N2O. The second kappa shape index (κ2) is 3.84. The first-order valence-corrected chi connectivity index (χ1v) is 6.40. The van der Waals surface area contributed by atoms with Gasteiger partial charge in [-0.1, -0.05) is 25.0 Å². The molecule has 0 saturated heterocycles. The average Bonchev–Trinajstić information content (AvgIpc) is 2.77. The van der Waals surface area contributed by atoms with E-state index in [1.807, 2.05) is 6.07 Å². The van der Waals surface area contributed by atoms with Gasteiger partial charge in [-0.15, -0.1) is 0 Å². The van der Waals surface area contributed by atoms with Crippen molar-refractivity contribution in [2.45, 2.75) is 44.1 Å². The molecule has 3 nitrogen and oxygen atoms in total. The Kier molecular flexibility index (Phi) is 2.44. The van der Waals surface area contributed by atoms with Gasteiger partial charge in [0.05, 0.1) is 0 Å². The molecule has 1 aromatic rings. The molecule has 0 spiro atoms. The number of nitrogens with two attached hydrogens (primary N) is 1. The van der Waals surface area contributed by atoms with Gasteiger partial charge in [0.1, 0.15) is 0 Å². The Morgan fingerprint density at radius 3 is 2.71 bits per heavy atom. The highest BCUT2D eigenvalue weighted by molar-refractivity contribution is 5.93. The Morgan fingerprint density at radius 2 is 1.94 bits per heavy atom. The van der Waals surface area contributed by atoms with Crippen LogP contribution in [0.5, 0.6) is 0 Å². The van der Waals surface area contributed by atoms with Gasteiger partial charge in [0.2, 0.25) is 5.91 Å². The Labute approximate surface area is 101 Å². The van der Waals surface area contributed by atoms with Gasteiger partial charge in [0.15, 0.2) is 0 Å². The van der Waals surface area contributed by atoms with E-state index in [0.29, 0.717) is 6.42 Å². The smallest absolute Gasteiger partial charge is 0.224 e. The number of benzene rings is 1. The molecule has 0 unspecified atom stereocenters. The molecule has 0 bridgehead atoms. The maximum absolute atomic E-state index is 11.3. The van der Waals surface area contributed by atoms with E-state index in [0.717, 1.165) is 24.9 Å². The van der Waals surface area contributed by atoms with E-state index in [1.165, 1.54) is 24.0 Å². The maximum Gasteiger partial charge on any atom is 0.224 e. The van der Waals surface area contributed by atoms with Crippen LogP contribution < -0.4 is 11.1 Å². The van der Waals surface area contributed by atoms with E-state index in [2.05, 4.69) is 17.4 Å². The Hall–Kier alpha value is -1.35. The first kappa shape index (κ1) is 10.8. The number of carbonyl (C=O) groups is 1. The third-order valence-electron chi connectivity index (χ3n) is 4.07. The number of fused-ring (bicyclic) bond motifs is 1. The Balaban J connectivity index is 1.95. The highest BCUT2D eigenvalue weighted by Crippen LogP contribution is 2.38. The molecule has 1 aliphatic carbocycles. The van der Waals surface area contributed by atoms with E-state index in [4.69, 9.17) is 5.73 Å². The van der Waals surface area contributed by atoms with Crippen LogP contribution in [0.15, 0.2) is 18.2 Å². The quantitative estimate of drug-likeness (QED) is 0.777. The summed E-state index contributed by atoms with van der Waals surface area (Å²) in [6.45, 7) is 0. The van der Waals surface area contributed by atoms with Crippen molar-refractivity contribution in [1.82, 2.24) is 0 Å². The minimum absolute atomic E-state index is 0.119. The van der Waals surface area contributed by atoms with E-state index in [-0.39, 0.29) is 11.4 Å². The third-order valence-corrected chi connectivity index (χ3v) is 4.07. The molecule has 1 fully saturated rings. The van der Waals surface area contributed by atoms with Gasteiger partial charge in [-0.25, -0.2) is 0 Å². The van der Waals surface area contributed by atoms with Gasteiger partial charge in [0.25, 0.3) is 0 Å². The zero-order valence-corrected chi connectivity index (χ0v) is 9.96. The van der Waals surface area contributed by atoms with Crippen LogP contribution in [0, 0.1) is 0 Å². The normalized spacial score (nSPS) is 22.1. The molecular weight excluding hydrogens is 212 g/mol. The largest absolute Gasteiger partial charge is 0.326 e. The average molecular weight is 230 g/mol. The fraction of sp³-hybridized carbons (Fsp3) is 0.500. The molecule has 1 heterocycles. The lowest BCUT2D eigenvalue weighted by Gasteiger charge is -2.26. The summed E-state index contributed by atoms with van der Waals surface area (Å²) in [6, 6.07) is 6.28. The van der Waals surface area contributed by atoms with Crippen LogP contribution in [0.4, 0.5) is 5.69 Å². The number of hydrogen-bond donors (Lipinski definition) is 2. The summed E-state index contributed by atoms with van der Waals surface area (Å²) in [5, 5.41) is 2.91. The monoisotopic (exact) mass is 230 g/mol. The summed E-state index contributed by atoms with van der Waals surface area (Å²) in [6.07, 6.45) is 6.05. The van der Waals surface area contributed by atoms with Gasteiger partial charge in [-0.2, -0.15) is 0 Å². The SMILES string of the molecule is NC1(c2ccc3c(c2)CCC(=O)N3)CCCC1. The van der Waals surface area contributed by atoms with Crippen molar-refractivity contribution in [1.29, 1.82) is 0 Å². The van der Waals surface area contributed by atoms with Crippen LogP contribution in [0.25, 0.3) is 0 Å². The number of amides is 1. The topological polar surface area (TPSA) is 55.1 Å². The molecule has 1 aromatic carbocycles. The second-order valence-corrected chi connectivity index (χ2v) is 5.28. The molecule has 3 rings (SSSR count). The van der Waals surface area contributed by atoms with Gasteiger partial charge in [-0.05, 0) is 36.5 Å². The molecule has 0 aromatic heterocycles. The van der Waals surface area contributed by atoms with Gasteiger partial charge in [-0.3, -0.25) is 4.79 Å². The predicted octanol–water partition coefficient (Wildman–Crippen LogP) is 2.30.